The van der Waals surface area contributed by atoms with E-state index >= 15 is 0 Å². The van der Waals surface area contributed by atoms with Crippen LogP contribution in [-0.2, 0) is 0 Å². The van der Waals surface area contributed by atoms with Crippen LogP contribution < -0.4 is 10.2 Å². The zero-order chi connectivity index (χ0) is 12.7. The number of anilines is 1. The molecule has 0 aliphatic carbocycles. The van der Waals surface area contributed by atoms with E-state index in [0.717, 1.165) is 18.8 Å². The summed E-state index contributed by atoms with van der Waals surface area (Å²) in [6.45, 7) is 6.26. The van der Waals surface area contributed by atoms with Crippen LogP contribution in [0.25, 0.3) is 0 Å². The Morgan fingerprint density at radius 3 is 2.41 bits per heavy atom. The molecular weight excluding hydrogens is 215 g/mol. The van der Waals surface area contributed by atoms with Crippen LogP contribution in [0.5, 0.6) is 0 Å². The van der Waals surface area contributed by atoms with Crippen molar-refractivity contribution in [2.45, 2.75) is 32.7 Å². The van der Waals surface area contributed by atoms with Gasteiger partial charge in [-0.1, -0.05) is 20.3 Å². The van der Waals surface area contributed by atoms with E-state index in [1.165, 1.54) is 25.0 Å². The molecule has 2 nitrogen and oxygen atoms in total. The highest BCUT2D eigenvalue weighted by atomic mass is 19.1. The third-order valence-electron chi connectivity index (χ3n) is 2.89. The quantitative estimate of drug-likeness (QED) is 0.785. The number of halogens is 1. The minimum Gasteiger partial charge on any atom is -0.373 e. The maximum Gasteiger partial charge on any atom is 0.123 e. The maximum absolute atomic E-state index is 12.8. The largest absolute Gasteiger partial charge is 0.373 e. The fourth-order valence-electron chi connectivity index (χ4n) is 2.03. The molecule has 0 aliphatic rings. The molecule has 0 heterocycles. The van der Waals surface area contributed by atoms with Crippen molar-refractivity contribution < 1.29 is 4.39 Å². The number of likely N-dealkylation sites (N-methyl/N-ethyl adjacent to an activating group) is 2. The van der Waals surface area contributed by atoms with Crippen LogP contribution in [0.4, 0.5) is 10.1 Å². The van der Waals surface area contributed by atoms with Gasteiger partial charge >= 0.3 is 0 Å². The van der Waals surface area contributed by atoms with Gasteiger partial charge < -0.3 is 10.2 Å². The first kappa shape index (κ1) is 14.0. The van der Waals surface area contributed by atoms with Crippen molar-refractivity contribution in [3.05, 3.63) is 30.1 Å². The van der Waals surface area contributed by atoms with Crippen LogP contribution in [-0.4, -0.2) is 26.2 Å². The fourth-order valence-corrected chi connectivity index (χ4v) is 2.03. The molecule has 1 aromatic rings. The predicted molar refractivity (Wildman–Crippen MR) is 72.0 cm³/mol. The summed E-state index contributed by atoms with van der Waals surface area (Å²) in [6, 6.07) is 7.16. The van der Waals surface area contributed by atoms with Crippen LogP contribution in [0, 0.1) is 5.82 Å². The maximum atomic E-state index is 12.8. The lowest BCUT2D eigenvalue weighted by Crippen LogP contribution is -2.39. The second-order valence-electron chi connectivity index (χ2n) is 4.40. The van der Waals surface area contributed by atoms with Crippen LogP contribution in [0.3, 0.4) is 0 Å². The van der Waals surface area contributed by atoms with Crippen molar-refractivity contribution in [2.75, 3.05) is 25.0 Å². The van der Waals surface area contributed by atoms with Crippen molar-refractivity contribution in [1.29, 1.82) is 0 Å². The van der Waals surface area contributed by atoms with Gasteiger partial charge in [-0.2, -0.15) is 0 Å². The summed E-state index contributed by atoms with van der Waals surface area (Å²) in [5, 5.41) is 3.48. The molecule has 1 rings (SSSR count). The summed E-state index contributed by atoms with van der Waals surface area (Å²) in [6.07, 6.45) is 2.34. The lowest BCUT2D eigenvalue weighted by molar-refractivity contribution is 0.488. The minimum absolute atomic E-state index is 0.182. The van der Waals surface area contributed by atoms with E-state index in [4.69, 9.17) is 0 Å². The summed E-state index contributed by atoms with van der Waals surface area (Å²) in [5.41, 5.74) is 1.06. The van der Waals surface area contributed by atoms with E-state index in [9.17, 15) is 4.39 Å². The minimum atomic E-state index is -0.182. The third kappa shape index (κ3) is 4.73. The first-order chi connectivity index (χ1) is 8.17. The molecule has 0 radical (unpaired) electrons. The first-order valence-corrected chi connectivity index (χ1v) is 6.37. The average Bonchev–Trinajstić information content (AvgIpc) is 2.30. The fraction of sp³-hybridized carbons (Fsp3) is 0.571. The van der Waals surface area contributed by atoms with E-state index in [0.29, 0.717) is 6.04 Å². The van der Waals surface area contributed by atoms with Crippen molar-refractivity contribution >= 4 is 5.69 Å². The number of nitrogens with zero attached hydrogens (tertiary/aromatic N) is 1. The van der Waals surface area contributed by atoms with Gasteiger partial charge in [-0.05, 0) is 37.2 Å². The van der Waals surface area contributed by atoms with Gasteiger partial charge in [-0.25, -0.2) is 4.39 Å². The van der Waals surface area contributed by atoms with Crippen LogP contribution in [0.1, 0.15) is 26.7 Å². The summed E-state index contributed by atoms with van der Waals surface area (Å²) in [7, 11) is 2.05. The molecule has 0 spiro atoms. The third-order valence-corrected chi connectivity index (χ3v) is 2.89. The Hall–Kier alpha value is -1.09. The van der Waals surface area contributed by atoms with Gasteiger partial charge in [-0.3, -0.25) is 0 Å². The van der Waals surface area contributed by atoms with Gasteiger partial charge in [-0.15, -0.1) is 0 Å². The number of hydrogen-bond acceptors (Lipinski definition) is 2. The van der Waals surface area contributed by atoms with Gasteiger partial charge in [0.1, 0.15) is 5.82 Å². The highest BCUT2D eigenvalue weighted by molar-refractivity contribution is 5.45. The molecule has 0 fully saturated rings. The molecule has 3 heteroatoms. The first-order valence-electron chi connectivity index (χ1n) is 6.37. The Balaban J connectivity index is 2.56. The van der Waals surface area contributed by atoms with Crippen molar-refractivity contribution in [1.82, 2.24) is 5.32 Å². The molecule has 0 saturated carbocycles. The molecule has 0 bridgehead atoms. The Bertz CT molecular complexity index is 305. The molecule has 0 amide bonds. The molecule has 1 atom stereocenters. The zero-order valence-corrected chi connectivity index (χ0v) is 11.0. The average molecular weight is 238 g/mol. The Morgan fingerprint density at radius 2 is 1.88 bits per heavy atom. The molecule has 0 saturated heterocycles. The van der Waals surface area contributed by atoms with Crippen LogP contribution in [0.15, 0.2) is 24.3 Å². The molecule has 0 aromatic heterocycles. The number of hydrogen-bond donors (Lipinski definition) is 1. The monoisotopic (exact) mass is 238 g/mol. The van der Waals surface area contributed by atoms with Gasteiger partial charge in [0.15, 0.2) is 0 Å². The van der Waals surface area contributed by atoms with Gasteiger partial charge in [0.25, 0.3) is 0 Å². The molecular formula is C14H23FN2. The SMILES string of the molecule is CCCC(CN(C)c1ccc(F)cc1)NCC. The topological polar surface area (TPSA) is 15.3 Å². The van der Waals surface area contributed by atoms with E-state index in [1.54, 1.807) is 0 Å². The summed E-state index contributed by atoms with van der Waals surface area (Å²) < 4.78 is 12.8. The smallest absolute Gasteiger partial charge is 0.123 e. The van der Waals surface area contributed by atoms with Gasteiger partial charge in [0.05, 0.1) is 0 Å². The number of nitrogens with one attached hydrogen (secondary N) is 1. The van der Waals surface area contributed by atoms with E-state index in [-0.39, 0.29) is 5.82 Å². The Kier molecular flexibility index (Phi) is 5.98. The van der Waals surface area contributed by atoms with Crippen LogP contribution >= 0.6 is 0 Å². The molecule has 0 aliphatic heterocycles. The van der Waals surface area contributed by atoms with E-state index in [2.05, 4.69) is 24.1 Å². The Labute approximate surface area is 104 Å². The highest BCUT2D eigenvalue weighted by Crippen LogP contribution is 2.14. The summed E-state index contributed by atoms with van der Waals surface area (Å²) in [4.78, 5) is 2.17. The molecule has 96 valence electrons. The van der Waals surface area contributed by atoms with Gasteiger partial charge in [0.2, 0.25) is 0 Å². The van der Waals surface area contributed by atoms with Gasteiger partial charge in [0, 0.05) is 25.3 Å². The normalized spacial score (nSPS) is 12.5. The van der Waals surface area contributed by atoms with Crippen molar-refractivity contribution in [2.24, 2.45) is 0 Å². The van der Waals surface area contributed by atoms with E-state index < -0.39 is 0 Å². The summed E-state index contributed by atoms with van der Waals surface area (Å²) >= 11 is 0. The molecule has 1 N–H and O–H groups in total. The summed E-state index contributed by atoms with van der Waals surface area (Å²) in [5.74, 6) is -0.182. The predicted octanol–water partition coefficient (Wildman–Crippen LogP) is 3.04. The number of rotatable bonds is 7. The Morgan fingerprint density at radius 1 is 1.24 bits per heavy atom. The molecule has 1 unspecified atom stereocenters. The lowest BCUT2D eigenvalue weighted by atomic mass is 10.1. The molecule has 1 aromatic carbocycles. The van der Waals surface area contributed by atoms with E-state index in [1.807, 2.05) is 19.2 Å². The molecule has 17 heavy (non-hydrogen) atoms. The van der Waals surface area contributed by atoms with Crippen LogP contribution in [0.2, 0.25) is 0 Å². The van der Waals surface area contributed by atoms with Crippen molar-refractivity contribution in [3.63, 3.8) is 0 Å². The second-order valence-corrected chi connectivity index (χ2v) is 4.40. The standard InChI is InChI=1S/C14H23FN2/c1-4-6-13(16-5-2)11-17(3)14-9-7-12(15)8-10-14/h7-10,13,16H,4-6,11H2,1-3H3. The highest BCUT2D eigenvalue weighted by Gasteiger charge is 2.10. The second kappa shape index (κ2) is 7.28. The van der Waals surface area contributed by atoms with Crippen molar-refractivity contribution in [3.8, 4) is 0 Å². The number of benzene rings is 1. The lowest BCUT2D eigenvalue weighted by Gasteiger charge is -2.26. The zero-order valence-electron chi connectivity index (χ0n) is 11.0.